The van der Waals surface area contributed by atoms with Gasteiger partial charge in [0.15, 0.2) is 41.3 Å². The molecule has 0 saturated carbocycles. The fraction of sp³-hybridized carbons (Fsp3) is 0.848. The van der Waals surface area contributed by atoms with Gasteiger partial charge in [-0.05, 0) is 88.9 Å². The molecule has 8 N–H and O–H groups in total. The van der Waals surface area contributed by atoms with Crippen molar-refractivity contribution >= 4 is 112 Å². The Bertz CT molecular complexity index is 3060. The van der Waals surface area contributed by atoms with Crippen LogP contribution in [-0.2, 0) is 105 Å². The third-order valence-corrected chi connectivity index (χ3v) is 35.1. The number of sulfonamides is 2. The number of hydrogen-bond donors (Lipinski definition) is 8. The van der Waals surface area contributed by atoms with Crippen LogP contribution < -0.4 is 30.7 Å². The van der Waals surface area contributed by atoms with E-state index in [4.69, 9.17) is 37.3 Å². The van der Waals surface area contributed by atoms with E-state index in [1.807, 2.05) is 107 Å². The van der Waals surface area contributed by atoms with Gasteiger partial charge in [0.25, 0.3) is 0 Å². The molecule has 0 aromatic rings. The molecule has 3 saturated heterocycles. The molecule has 3 rings (SSSR count). The Labute approximate surface area is 631 Å². The van der Waals surface area contributed by atoms with Crippen LogP contribution in [-0.4, -0.2) is 316 Å². The lowest BCUT2D eigenvalue weighted by atomic mass is 9.97. The van der Waals surface area contributed by atoms with Crippen molar-refractivity contribution in [3.8, 4) is 0 Å². The van der Waals surface area contributed by atoms with Crippen LogP contribution in [0.2, 0.25) is 87.6 Å². The highest BCUT2D eigenvalue weighted by Crippen LogP contribution is 2.40. The number of carbonyl (C=O) groups is 10. The normalized spacial score (nSPS) is 24.1. The van der Waals surface area contributed by atoms with E-state index >= 15 is 19.2 Å². The van der Waals surface area contributed by atoms with Crippen LogP contribution in [0.25, 0.3) is 0 Å². The third kappa shape index (κ3) is 31.1. The van der Waals surface area contributed by atoms with Crippen LogP contribution >= 0.6 is 0 Å². The van der Waals surface area contributed by atoms with Crippen molar-refractivity contribution in [3.63, 3.8) is 0 Å². The number of rotatable bonds is 22. The lowest BCUT2D eigenvalue weighted by Gasteiger charge is -2.42. The fourth-order valence-corrected chi connectivity index (χ4v) is 21.7. The summed E-state index contributed by atoms with van der Waals surface area (Å²) >= 11 is 0. The number of ether oxygens (including phenoxy) is 6. The van der Waals surface area contributed by atoms with Gasteiger partial charge in [0.1, 0.15) is 37.4 Å². The summed E-state index contributed by atoms with van der Waals surface area (Å²) in [5.74, 6) is -12.3. The molecule has 40 heteroatoms. The van der Waals surface area contributed by atoms with Crippen LogP contribution in [0.3, 0.4) is 0 Å². The summed E-state index contributed by atoms with van der Waals surface area (Å²) in [5.41, 5.74) is -4.36. The molecule has 0 aromatic heterocycles. The monoisotopic (exact) mass is 1620 g/mol. The highest BCUT2D eigenvalue weighted by Gasteiger charge is 2.49. The minimum atomic E-state index is -4.46. The summed E-state index contributed by atoms with van der Waals surface area (Å²) in [6.07, 6.45) is -4.19. The first-order valence-corrected chi connectivity index (χ1v) is 52.4. The number of esters is 2. The quantitative estimate of drug-likeness (QED) is 0.0547. The number of carbonyl (C=O) groups excluding carboxylic acids is 10. The summed E-state index contributed by atoms with van der Waals surface area (Å²) in [7, 11) is -14.6. The zero-order valence-electron chi connectivity index (χ0n) is 67.0. The van der Waals surface area contributed by atoms with Crippen LogP contribution in [0.15, 0.2) is 0 Å². The topological polar surface area (TPSA) is 438 Å². The van der Waals surface area contributed by atoms with Crippen molar-refractivity contribution in [2.75, 3.05) is 106 Å². The smallest absolute Gasteiger partial charge is 0.331 e. The number of nitrogens with one attached hydrogen (secondary N) is 6. The van der Waals surface area contributed by atoms with E-state index in [2.05, 4.69) is 30.7 Å². The van der Waals surface area contributed by atoms with Gasteiger partial charge < -0.3 is 88.4 Å². The fourth-order valence-electron chi connectivity index (χ4n) is 10.5. The van der Waals surface area contributed by atoms with Gasteiger partial charge in [0, 0.05) is 57.2 Å². The minimum absolute atomic E-state index is 0.199. The van der Waals surface area contributed by atoms with E-state index in [-0.39, 0.29) is 51.4 Å². The molecule has 3 fully saturated rings. The zero-order valence-corrected chi connectivity index (χ0v) is 72.6. The molecule has 3 aliphatic heterocycles. The second-order valence-electron chi connectivity index (χ2n) is 34.2. The minimum Gasteiger partial charge on any atom is -0.462 e. The van der Waals surface area contributed by atoms with Crippen molar-refractivity contribution in [3.05, 3.63) is 0 Å². The van der Waals surface area contributed by atoms with Crippen molar-refractivity contribution in [1.82, 2.24) is 50.3 Å². The number of nitrogens with zero attached hydrogens (tertiary/aromatic N) is 4. The van der Waals surface area contributed by atoms with Gasteiger partial charge in [-0.2, -0.15) is 9.44 Å². The summed E-state index contributed by atoms with van der Waals surface area (Å²) < 4.78 is 110. The first-order valence-electron chi connectivity index (χ1n) is 35.8. The number of cyclic esters (lactones) is 2. The standard InChI is InChI=1S/C66H126N10O24S2Si4/c1-63(2,3)105(21,22)99-45(35-51-93-27-25-28-94-51)53-59(83)67-37-47(77)73(11)39-49(79)75(13)56(66(9,10)88)62(86)98-42-44(72-102(91,92)32-34-104(18,19)20)58(82)70-54(46(36-52-95-29-26-30-96-52)100-106(23,24)64(4,5)6)60(84)68-38-48(78)74(12)40-50(80)76(14)55(65(7,8)87)61(85)97-41-43(57(81)69-53)71-101(89,90)31-33-103(15,16)17/h43-46,51-56,71-72,87-88H,25-42H2,1-24H3,(H,67,83)(H,68,84)(H,69,81)(H,70,82)/t43-,44?,45+,46+,53?,54+,55-,56?/m1/s1. The molecule has 0 aliphatic carbocycles. The maximum Gasteiger partial charge on any atom is 0.331 e. The van der Waals surface area contributed by atoms with Crippen LogP contribution in [0.4, 0.5) is 0 Å². The summed E-state index contributed by atoms with van der Waals surface area (Å²) in [5, 5.41) is 32.4. The van der Waals surface area contributed by atoms with Crippen molar-refractivity contribution in [1.29, 1.82) is 0 Å². The Hall–Kier alpha value is -4.93. The molecule has 8 atom stereocenters. The zero-order chi connectivity index (χ0) is 81.5. The maximum absolute atomic E-state index is 15.1. The number of aliphatic hydroxyl groups is 2. The average molecular weight is 1620 g/mol. The average Bonchev–Trinajstić information content (AvgIpc) is 0.817. The van der Waals surface area contributed by atoms with E-state index in [1.54, 1.807) is 0 Å². The van der Waals surface area contributed by atoms with Gasteiger partial charge in [0.2, 0.25) is 67.3 Å². The van der Waals surface area contributed by atoms with Crippen molar-refractivity contribution < 1.29 is 112 Å². The Balaban J connectivity index is 2.40. The lowest BCUT2D eigenvalue weighted by Crippen LogP contribution is -2.63. The molecule has 0 spiro atoms. The van der Waals surface area contributed by atoms with Gasteiger partial charge in [-0.1, -0.05) is 80.8 Å². The SMILES string of the molecule is CN1CC(=O)N(C)C(C(C)(C)O)C(=O)OCC(NS(=O)(=O)CC[Si](C)(C)C)C(=O)N[C@@H]([C@H](CC2OCCCO2)O[Si](C)(C)C(C)(C)C)C(=O)NCC(=O)N(C)CC(=O)N(C)[C@@H](C(C)(C)O)C(=O)OC[C@@H](NS(=O)(=O)CC[Si](C)(C)C)C(=O)NC([C@H](CC2OCCCO2)O[Si](C)(C)C(C)(C)C)C(=O)NCC1=O. The molecule has 0 bridgehead atoms. The number of amides is 8. The van der Waals surface area contributed by atoms with Gasteiger partial charge in [-0.25, -0.2) is 26.4 Å². The molecule has 0 radical (unpaired) electrons. The summed E-state index contributed by atoms with van der Waals surface area (Å²) in [6.45, 7) is 30.3. The molecule has 34 nitrogen and oxygen atoms in total. The maximum atomic E-state index is 15.1. The van der Waals surface area contributed by atoms with E-state index in [0.717, 1.165) is 61.4 Å². The molecule has 8 amide bonds. The molecule has 612 valence electrons. The van der Waals surface area contributed by atoms with Crippen LogP contribution in [0.1, 0.15) is 94.9 Å². The molecule has 106 heavy (non-hydrogen) atoms. The van der Waals surface area contributed by atoms with E-state index < -0.39 is 245 Å². The van der Waals surface area contributed by atoms with Gasteiger partial charge >= 0.3 is 11.9 Å². The highest BCUT2D eigenvalue weighted by molar-refractivity contribution is 7.89. The number of hydrogen-bond acceptors (Lipinski definition) is 24. The number of likely N-dealkylation sites (N-methyl/N-ethyl adjacent to an activating group) is 4. The van der Waals surface area contributed by atoms with E-state index in [0.29, 0.717) is 12.8 Å². The van der Waals surface area contributed by atoms with Gasteiger partial charge in [0.05, 0.1) is 87.5 Å². The lowest BCUT2D eigenvalue weighted by molar-refractivity contribution is -0.192. The van der Waals surface area contributed by atoms with Crippen LogP contribution in [0, 0.1) is 0 Å². The molecule has 3 heterocycles. The summed E-state index contributed by atoms with van der Waals surface area (Å²) in [4.78, 5) is 150. The Morgan fingerprint density at radius 2 is 0.774 bits per heavy atom. The van der Waals surface area contributed by atoms with Crippen LogP contribution in [0.5, 0.6) is 0 Å². The van der Waals surface area contributed by atoms with E-state index in [1.165, 1.54) is 14.1 Å². The summed E-state index contributed by atoms with van der Waals surface area (Å²) in [6, 6.07) is -11.3. The largest absolute Gasteiger partial charge is 0.462 e. The molecular weight excluding hydrogens is 1490 g/mol. The third-order valence-electron chi connectivity index (χ3n) is 19.1. The van der Waals surface area contributed by atoms with Gasteiger partial charge in [-0.3, -0.25) is 38.4 Å². The van der Waals surface area contributed by atoms with E-state index in [9.17, 15) is 55.8 Å². The van der Waals surface area contributed by atoms with Crippen molar-refractivity contribution in [2.24, 2.45) is 0 Å². The highest BCUT2D eigenvalue weighted by atomic mass is 32.2. The first kappa shape index (κ1) is 95.3. The molecule has 0 aromatic carbocycles. The second kappa shape index (κ2) is 38.8. The van der Waals surface area contributed by atoms with Gasteiger partial charge in [-0.15, -0.1) is 0 Å². The Kier molecular flexibility index (Phi) is 34.9. The van der Waals surface area contributed by atoms with Crippen molar-refractivity contribution in [2.45, 2.75) is 255 Å². The first-order chi connectivity index (χ1) is 48.1. The molecule has 3 unspecified atom stereocenters. The molecule has 3 aliphatic rings. The second-order valence-corrected chi connectivity index (χ2v) is 58.7. The predicted octanol–water partition coefficient (Wildman–Crippen LogP) is 0.740. The predicted molar refractivity (Wildman–Crippen MR) is 405 cm³/mol. The Morgan fingerprint density at radius 3 is 1.04 bits per heavy atom. The molecular formula is C66H126N10O24S2Si4. The Morgan fingerprint density at radius 1 is 0.481 bits per heavy atom.